The minimum Gasteiger partial charge on any atom is -0.486 e. The quantitative estimate of drug-likeness (QED) is 0.481. The highest BCUT2D eigenvalue weighted by atomic mass is 35.5. The van der Waals surface area contributed by atoms with Gasteiger partial charge in [-0.2, -0.15) is 0 Å². The third-order valence-electron chi connectivity index (χ3n) is 4.26. The zero-order valence-corrected chi connectivity index (χ0v) is 17.3. The molecule has 29 heavy (non-hydrogen) atoms. The fourth-order valence-electron chi connectivity index (χ4n) is 2.79. The largest absolute Gasteiger partial charge is 0.486 e. The van der Waals surface area contributed by atoms with Gasteiger partial charge in [0.15, 0.2) is 0 Å². The van der Waals surface area contributed by atoms with Crippen LogP contribution in [-0.2, 0) is 24.4 Å². The first-order valence-corrected chi connectivity index (χ1v) is 10.3. The highest BCUT2D eigenvalue weighted by Gasteiger charge is 2.10. The van der Waals surface area contributed by atoms with Crippen LogP contribution < -0.4 is 10.1 Å². The number of hydrogen-bond donors (Lipinski definition) is 1. The Bertz CT molecular complexity index is 1140. The summed E-state index contributed by atoms with van der Waals surface area (Å²) >= 11 is 7.47. The second-order valence-electron chi connectivity index (χ2n) is 6.63. The number of benzene rings is 1. The number of pyridine rings is 1. The van der Waals surface area contributed by atoms with Crippen molar-refractivity contribution in [3.05, 3.63) is 81.2 Å². The number of halogens is 1. The molecule has 0 saturated heterocycles. The van der Waals surface area contributed by atoms with E-state index in [2.05, 4.69) is 15.3 Å². The Hall–Kier alpha value is -2.90. The molecule has 1 aromatic carbocycles. The summed E-state index contributed by atoms with van der Waals surface area (Å²) in [5.41, 5.74) is 3.48. The molecule has 0 bridgehead atoms. The number of fused-ring (bicyclic) bond motifs is 1. The maximum atomic E-state index is 12.2. The van der Waals surface area contributed by atoms with Gasteiger partial charge in [-0.3, -0.25) is 4.79 Å². The van der Waals surface area contributed by atoms with Crippen LogP contribution in [0.4, 0.5) is 0 Å². The molecule has 148 valence electrons. The lowest BCUT2D eigenvalue weighted by Gasteiger charge is -2.04. The average molecular weight is 427 g/mol. The van der Waals surface area contributed by atoms with Crippen LogP contribution in [0.5, 0.6) is 5.75 Å². The molecule has 3 aromatic heterocycles. The lowest BCUT2D eigenvalue weighted by Crippen LogP contribution is -2.24. The molecule has 0 unspecified atom stereocenters. The Morgan fingerprint density at radius 2 is 1.97 bits per heavy atom. The number of hydrogen-bond acceptors (Lipinski definition) is 5. The zero-order valence-electron chi connectivity index (χ0n) is 15.8. The number of thiazole rings is 1. The van der Waals surface area contributed by atoms with E-state index in [4.69, 9.17) is 16.3 Å². The molecule has 3 heterocycles. The molecule has 0 aliphatic carbocycles. The van der Waals surface area contributed by atoms with Crippen LogP contribution in [0.2, 0.25) is 5.02 Å². The highest BCUT2D eigenvalue weighted by Crippen LogP contribution is 2.16. The molecule has 6 nitrogen and oxygen atoms in total. The lowest BCUT2D eigenvalue weighted by atomic mass is 10.2. The van der Waals surface area contributed by atoms with Gasteiger partial charge in [0, 0.05) is 17.8 Å². The number of aromatic nitrogens is 3. The summed E-state index contributed by atoms with van der Waals surface area (Å²) in [5.74, 6) is 0.704. The molecule has 1 amide bonds. The van der Waals surface area contributed by atoms with Crippen molar-refractivity contribution in [1.29, 1.82) is 0 Å². The van der Waals surface area contributed by atoms with Crippen molar-refractivity contribution in [2.45, 2.75) is 26.5 Å². The predicted molar refractivity (Wildman–Crippen MR) is 113 cm³/mol. The van der Waals surface area contributed by atoms with E-state index < -0.39 is 0 Å². The first kappa shape index (κ1) is 19.4. The Labute approximate surface area is 177 Å². The number of imidazole rings is 1. The molecular formula is C21H19ClN4O2S. The summed E-state index contributed by atoms with van der Waals surface area (Å²) in [4.78, 5) is 21.2. The van der Waals surface area contributed by atoms with Crippen LogP contribution in [0.15, 0.2) is 54.2 Å². The Balaban J connectivity index is 1.27. The third kappa shape index (κ3) is 5.13. The van der Waals surface area contributed by atoms with Crippen molar-refractivity contribution in [2.24, 2.45) is 0 Å². The second kappa shape index (κ2) is 8.63. The molecule has 0 aliphatic heterocycles. The average Bonchev–Trinajstić information content (AvgIpc) is 3.32. The number of ether oxygens (including phenoxy) is 1. The zero-order chi connectivity index (χ0) is 20.2. The van der Waals surface area contributed by atoms with Crippen LogP contribution in [0.3, 0.4) is 0 Å². The lowest BCUT2D eigenvalue weighted by molar-refractivity contribution is -0.120. The summed E-state index contributed by atoms with van der Waals surface area (Å²) in [5, 5.41) is 6.24. The van der Waals surface area contributed by atoms with Crippen molar-refractivity contribution in [3.63, 3.8) is 0 Å². The fourth-order valence-corrected chi connectivity index (χ4v) is 3.67. The minimum absolute atomic E-state index is 0.101. The normalized spacial score (nSPS) is 11.0. The van der Waals surface area contributed by atoms with Gasteiger partial charge in [0.2, 0.25) is 5.91 Å². The monoisotopic (exact) mass is 426 g/mol. The number of nitrogens with zero attached hydrogens (tertiary/aromatic N) is 3. The molecule has 0 radical (unpaired) electrons. The van der Waals surface area contributed by atoms with Crippen molar-refractivity contribution < 1.29 is 9.53 Å². The molecule has 0 fully saturated rings. The number of rotatable bonds is 7. The molecular weight excluding hydrogens is 408 g/mol. The van der Waals surface area contributed by atoms with E-state index in [0.717, 1.165) is 27.8 Å². The van der Waals surface area contributed by atoms with Gasteiger partial charge in [-0.05, 0) is 31.2 Å². The van der Waals surface area contributed by atoms with E-state index in [1.165, 1.54) is 16.9 Å². The van der Waals surface area contributed by atoms with E-state index in [-0.39, 0.29) is 12.3 Å². The second-order valence-corrected chi connectivity index (χ2v) is 8.01. The first-order chi connectivity index (χ1) is 14.0. The number of carbonyl (C=O) groups is 1. The molecule has 0 saturated carbocycles. The van der Waals surface area contributed by atoms with E-state index in [9.17, 15) is 4.79 Å². The molecule has 4 rings (SSSR count). The van der Waals surface area contributed by atoms with Gasteiger partial charge in [-0.15, -0.1) is 11.3 Å². The van der Waals surface area contributed by atoms with E-state index in [0.29, 0.717) is 18.2 Å². The number of amides is 1. The van der Waals surface area contributed by atoms with Crippen molar-refractivity contribution in [3.8, 4) is 5.75 Å². The number of carbonyl (C=O) groups excluding carboxylic acids is 1. The minimum atomic E-state index is -0.101. The molecule has 0 aliphatic rings. The van der Waals surface area contributed by atoms with E-state index >= 15 is 0 Å². The third-order valence-corrected chi connectivity index (χ3v) is 5.35. The molecule has 0 spiro atoms. The van der Waals surface area contributed by atoms with Crippen molar-refractivity contribution in [2.75, 3.05) is 0 Å². The van der Waals surface area contributed by atoms with Crippen molar-refractivity contribution in [1.82, 2.24) is 19.7 Å². The van der Waals surface area contributed by atoms with Gasteiger partial charge in [-0.25, -0.2) is 9.97 Å². The molecule has 1 N–H and O–H groups in total. The molecule has 0 atom stereocenters. The van der Waals surface area contributed by atoms with E-state index in [1.54, 1.807) is 12.3 Å². The SMILES string of the molecule is Cc1ccc(OCc2nc(CC(=O)NCc3cn4cc(Cl)ccc4n3)cs2)cc1. The van der Waals surface area contributed by atoms with Gasteiger partial charge in [0.1, 0.15) is 23.0 Å². The maximum Gasteiger partial charge on any atom is 0.226 e. The van der Waals surface area contributed by atoms with Crippen LogP contribution in [0.1, 0.15) is 22.0 Å². The van der Waals surface area contributed by atoms with Crippen molar-refractivity contribution >= 4 is 34.5 Å². The maximum absolute atomic E-state index is 12.2. The smallest absolute Gasteiger partial charge is 0.226 e. The van der Waals surface area contributed by atoms with Crippen LogP contribution in [0, 0.1) is 6.92 Å². The van der Waals surface area contributed by atoms with Gasteiger partial charge >= 0.3 is 0 Å². The fraction of sp³-hybridized carbons (Fsp3) is 0.190. The summed E-state index contributed by atoms with van der Waals surface area (Å²) in [6.45, 7) is 2.78. The number of nitrogens with one attached hydrogen (secondary N) is 1. The molecule has 4 aromatic rings. The van der Waals surface area contributed by atoms with Crippen LogP contribution in [-0.4, -0.2) is 20.3 Å². The van der Waals surface area contributed by atoms with Gasteiger partial charge in [0.25, 0.3) is 0 Å². The standard InChI is InChI=1S/C21H19ClN4O2S/c1-14-2-5-18(6-3-14)28-12-21-25-16(13-29-21)8-20(27)23-9-17-11-26-10-15(22)4-7-19(26)24-17/h2-7,10-11,13H,8-9,12H2,1H3,(H,23,27). The highest BCUT2D eigenvalue weighted by molar-refractivity contribution is 7.09. The Morgan fingerprint density at radius 3 is 2.79 bits per heavy atom. The van der Waals surface area contributed by atoms with Gasteiger partial charge in [-0.1, -0.05) is 29.3 Å². The topological polar surface area (TPSA) is 68.5 Å². The molecule has 8 heteroatoms. The Kier molecular flexibility index (Phi) is 5.78. The summed E-state index contributed by atoms with van der Waals surface area (Å²) in [7, 11) is 0. The Morgan fingerprint density at radius 1 is 1.14 bits per heavy atom. The summed E-state index contributed by atoms with van der Waals surface area (Å²) in [6.07, 6.45) is 3.86. The van der Waals surface area contributed by atoms with Crippen LogP contribution in [0.25, 0.3) is 5.65 Å². The van der Waals surface area contributed by atoms with E-state index in [1.807, 2.05) is 53.2 Å². The van der Waals surface area contributed by atoms with Gasteiger partial charge in [0.05, 0.1) is 29.4 Å². The first-order valence-electron chi connectivity index (χ1n) is 9.08. The summed E-state index contributed by atoms with van der Waals surface area (Å²) in [6, 6.07) is 11.5. The summed E-state index contributed by atoms with van der Waals surface area (Å²) < 4.78 is 7.57. The van der Waals surface area contributed by atoms with Crippen LogP contribution >= 0.6 is 22.9 Å². The predicted octanol–water partition coefficient (Wildman–Crippen LogP) is 4.19. The van der Waals surface area contributed by atoms with Gasteiger partial charge < -0.3 is 14.5 Å². The number of aryl methyl sites for hydroxylation is 1.